The summed E-state index contributed by atoms with van der Waals surface area (Å²) in [4.78, 5) is 11.9. The fraction of sp³-hybridized carbons (Fsp3) is 0.972. The molecular weight excluding hydrogens is 478 g/mol. The Balaban J connectivity index is 0. The van der Waals surface area contributed by atoms with Crippen molar-refractivity contribution in [2.24, 2.45) is 0 Å². The van der Waals surface area contributed by atoms with Gasteiger partial charge in [0.05, 0.1) is 6.61 Å². The van der Waals surface area contributed by atoms with Crippen molar-refractivity contribution in [3.8, 4) is 0 Å². The van der Waals surface area contributed by atoms with E-state index in [4.69, 9.17) is 4.74 Å². The van der Waals surface area contributed by atoms with Crippen molar-refractivity contribution in [1.29, 1.82) is 0 Å². The Morgan fingerprint density at radius 3 is 0.872 bits per heavy atom. The van der Waals surface area contributed by atoms with Crippen LogP contribution in [0.5, 0.6) is 0 Å². The molecule has 0 fully saturated rings. The second-order valence-electron chi connectivity index (χ2n) is 12.2. The highest BCUT2D eigenvalue weighted by Crippen LogP contribution is 2.15. The maximum absolute atomic E-state index is 11.9. The van der Waals surface area contributed by atoms with E-state index in [1.165, 1.54) is 186 Å². The normalized spacial score (nSPS) is 11.0. The van der Waals surface area contributed by atoms with Gasteiger partial charge in [-0.3, -0.25) is 4.79 Å². The summed E-state index contributed by atoms with van der Waals surface area (Å²) in [7, 11) is 0. The second-order valence-corrected chi connectivity index (χ2v) is 12.2. The number of ether oxygens (including phenoxy) is 1. The van der Waals surface area contributed by atoms with Gasteiger partial charge < -0.3 is 10.9 Å². The zero-order valence-corrected chi connectivity index (χ0v) is 27.4. The number of hydrogen-bond acceptors (Lipinski definition) is 3. The Bertz CT molecular complexity index is 440. The van der Waals surface area contributed by atoms with Gasteiger partial charge in [0.1, 0.15) is 0 Å². The largest absolute Gasteiger partial charge is 0.466 e. The summed E-state index contributed by atoms with van der Waals surface area (Å²) in [5.41, 5.74) is 0. The van der Waals surface area contributed by atoms with Crippen LogP contribution in [-0.2, 0) is 9.53 Å². The zero-order valence-electron chi connectivity index (χ0n) is 27.4. The summed E-state index contributed by atoms with van der Waals surface area (Å²) in [6.07, 6.45) is 43.1. The molecule has 0 radical (unpaired) electrons. The van der Waals surface area contributed by atoms with E-state index in [9.17, 15) is 4.79 Å². The monoisotopic (exact) mass is 554 g/mol. The first-order valence-corrected chi connectivity index (χ1v) is 18.0. The van der Waals surface area contributed by atoms with Gasteiger partial charge in [0, 0.05) is 6.42 Å². The van der Waals surface area contributed by atoms with Gasteiger partial charge in [-0.25, -0.2) is 0 Å². The molecule has 3 heteroatoms. The average Bonchev–Trinajstić information content (AvgIpc) is 2.92. The molecule has 0 aliphatic carbocycles. The molecule has 0 spiro atoms. The standard InChI is InChI=1S/C36H72O2.H3N/c1-3-5-7-9-11-13-15-17-19-21-23-25-27-29-31-33-35-38-36(37)34-32-30-28-26-24-22-20-18-16-14-12-10-8-6-4-2;/h3-35H2,1-2H3;1H3. The van der Waals surface area contributed by atoms with Crippen molar-refractivity contribution in [3.63, 3.8) is 0 Å². The Morgan fingerprint density at radius 1 is 0.359 bits per heavy atom. The quantitative estimate of drug-likeness (QED) is 0.0649. The molecule has 0 aliphatic heterocycles. The van der Waals surface area contributed by atoms with Crippen LogP contribution in [0.2, 0.25) is 0 Å². The van der Waals surface area contributed by atoms with Crippen LogP contribution in [0.15, 0.2) is 0 Å². The van der Waals surface area contributed by atoms with E-state index in [1.807, 2.05) is 0 Å². The first kappa shape index (κ1) is 40.6. The summed E-state index contributed by atoms with van der Waals surface area (Å²) < 4.78 is 5.44. The van der Waals surface area contributed by atoms with Crippen LogP contribution in [0.25, 0.3) is 0 Å². The lowest BCUT2D eigenvalue weighted by molar-refractivity contribution is -0.143. The summed E-state index contributed by atoms with van der Waals surface area (Å²) in [5, 5.41) is 0. The molecule has 0 heterocycles. The van der Waals surface area contributed by atoms with Gasteiger partial charge in [-0.15, -0.1) is 0 Å². The average molecular weight is 554 g/mol. The molecule has 0 aromatic carbocycles. The van der Waals surface area contributed by atoms with Crippen molar-refractivity contribution in [3.05, 3.63) is 0 Å². The molecular formula is C36H75NO2. The Morgan fingerprint density at radius 2 is 0.590 bits per heavy atom. The molecule has 0 aromatic rings. The predicted octanol–water partition coefficient (Wildman–Crippen LogP) is 13.2. The van der Waals surface area contributed by atoms with E-state index in [0.717, 1.165) is 12.8 Å². The van der Waals surface area contributed by atoms with E-state index in [1.54, 1.807) is 0 Å². The minimum absolute atomic E-state index is 0. The van der Waals surface area contributed by atoms with Crippen molar-refractivity contribution in [1.82, 2.24) is 6.15 Å². The first-order valence-electron chi connectivity index (χ1n) is 18.0. The highest BCUT2D eigenvalue weighted by molar-refractivity contribution is 5.69. The number of carbonyl (C=O) groups excluding carboxylic acids is 1. The third-order valence-corrected chi connectivity index (χ3v) is 8.25. The van der Waals surface area contributed by atoms with Crippen LogP contribution in [0.1, 0.15) is 219 Å². The molecule has 236 valence electrons. The smallest absolute Gasteiger partial charge is 0.305 e. The van der Waals surface area contributed by atoms with Crippen LogP contribution in [0.3, 0.4) is 0 Å². The minimum atomic E-state index is 0. The van der Waals surface area contributed by atoms with Gasteiger partial charge in [-0.2, -0.15) is 0 Å². The molecule has 0 atom stereocenters. The third-order valence-electron chi connectivity index (χ3n) is 8.25. The Labute approximate surface area is 247 Å². The molecule has 0 aromatic heterocycles. The molecule has 0 saturated heterocycles. The third kappa shape index (κ3) is 37.4. The topological polar surface area (TPSA) is 61.3 Å². The number of unbranched alkanes of at least 4 members (excludes halogenated alkanes) is 29. The minimum Gasteiger partial charge on any atom is -0.466 e. The molecule has 0 rings (SSSR count). The van der Waals surface area contributed by atoms with Crippen LogP contribution >= 0.6 is 0 Å². The maximum atomic E-state index is 11.9. The molecule has 39 heavy (non-hydrogen) atoms. The summed E-state index contributed by atoms with van der Waals surface area (Å²) in [6.45, 7) is 5.22. The fourth-order valence-electron chi connectivity index (χ4n) is 5.55. The first-order chi connectivity index (χ1) is 18.8. The van der Waals surface area contributed by atoms with E-state index in [0.29, 0.717) is 13.0 Å². The Hall–Kier alpha value is -0.570. The number of rotatable bonds is 33. The van der Waals surface area contributed by atoms with Gasteiger partial charge >= 0.3 is 5.97 Å². The van der Waals surface area contributed by atoms with E-state index >= 15 is 0 Å². The van der Waals surface area contributed by atoms with Gasteiger partial charge in [-0.05, 0) is 12.8 Å². The number of hydrogen-bond donors (Lipinski definition) is 1. The lowest BCUT2D eigenvalue weighted by atomic mass is 10.0. The van der Waals surface area contributed by atoms with E-state index in [-0.39, 0.29) is 12.1 Å². The molecule has 3 nitrogen and oxygen atoms in total. The van der Waals surface area contributed by atoms with E-state index < -0.39 is 0 Å². The van der Waals surface area contributed by atoms with E-state index in [2.05, 4.69) is 13.8 Å². The molecule has 0 unspecified atom stereocenters. The van der Waals surface area contributed by atoms with Crippen LogP contribution in [0.4, 0.5) is 0 Å². The SMILES string of the molecule is CCCCCCCCCCCCCCCCCCOC(=O)CCCCCCCCCCCCCCCCC.N. The zero-order chi connectivity index (χ0) is 27.6. The maximum Gasteiger partial charge on any atom is 0.305 e. The summed E-state index contributed by atoms with van der Waals surface area (Å²) >= 11 is 0. The van der Waals surface area contributed by atoms with Crippen molar-refractivity contribution >= 4 is 5.97 Å². The van der Waals surface area contributed by atoms with Crippen LogP contribution < -0.4 is 6.15 Å². The molecule has 0 aliphatic rings. The summed E-state index contributed by atoms with van der Waals surface area (Å²) in [5.74, 6) is 0.0284. The highest BCUT2D eigenvalue weighted by Gasteiger charge is 2.03. The molecule has 0 amide bonds. The van der Waals surface area contributed by atoms with Crippen LogP contribution in [-0.4, -0.2) is 12.6 Å². The summed E-state index contributed by atoms with van der Waals surface area (Å²) in [6, 6.07) is 0. The highest BCUT2D eigenvalue weighted by atomic mass is 16.5. The van der Waals surface area contributed by atoms with Crippen LogP contribution in [0, 0.1) is 0 Å². The van der Waals surface area contributed by atoms with Gasteiger partial charge in [0.2, 0.25) is 0 Å². The van der Waals surface area contributed by atoms with Crippen molar-refractivity contribution < 1.29 is 9.53 Å². The molecule has 0 saturated carbocycles. The van der Waals surface area contributed by atoms with Gasteiger partial charge in [0.15, 0.2) is 0 Å². The number of carbonyl (C=O) groups is 1. The second kappa shape index (κ2) is 37.4. The number of esters is 1. The molecule has 3 N–H and O–H groups in total. The van der Waals surface area contributed by atoms with Crippen molar-refractivity contribution in [2.75, 3.05) is 6.61 Å². The lowest BCUT2D eigenvalue weighted by Crippen LogP contribution is -2.05. The Kier molecular flexibility index (Phi) is 38.9. The predicted molar refractivity (Wildman–Crippen MR) is 175 cm³/mol. The fourth-order valence-corrected chi connectivity index (χ4v) is 5.55. The van der Waals surface area contributed by atoms with Gasteiger partial charge in [0.25, 0.3) is 0 Å². The molecule has 0 bridgehead atoms. The van der Waals surface area contributed by atoms with Crippen molar-refractivity contribution in [2.45, 2.75) is 219 Å². The van der Waals surface area contributed by atoms with Gasteiger partial charge in [-0.1, -0.05) is 200 Å². The lowest BCUT2D eigenvalue weighted by Gasteiger charge is -2.06.